The fraction of sp³-hybridized carbons (Fsp3) is 0.405. The molecule has 1 spiro atoms. The van der Waals surface area contributed by atoms with E-state index < -0.39 is 28.9 Å². The van der Waals surface area contributed by atoms with Crippen molar-refractivity contribution >= 4 is 18.0 Å². The van der Waals surface area contributed by atoms with Gasteiger partial charge in [-0.3, -0.25) is 14.5 Å². The third kappa shape index (κ3) is 4.82. The minimum absolute atomic E-state index is 0.0522. The van der Waals surface area contributed by atoms with Crippen LogP contribution in [0.3, 0.4) is 0 Å². The number of halogens is 3. The Morgan fingerprint density at radius 1 is 1.07 bits per heavy atom. The molecule has 240 valence electrons. The van der Waals surface area contributed by atoms with E-state index in [0.717, 1.165) is 49.4 Å². The Kier molecular flexibility index (Phi) is 7.50. The maximum Gasteiger partial charge on any atom is 0.416 e. The largest absolute Gasteiger partial charge is 0.487 e. The average molecular weight is 631 g/mol. The van der Waals surface area contributed by atoms with Crippen molar-refractivity contribution in [3.8, 4) is 5.75 Å². The fourth-order valence-corrected chi connectivity index (χ4v) is 8.86. The Hall–Kier alpha value is -4.11. The molecule has 2 fully saturated rings. The first kappa shape index (κ1) is 30.5. The molecule has 0 N–H and O–H groups in total. The number of carbonyl (C=O) groups is 2. The zero-order valence-corrected chi connectivity index (χ0v) is 25.9. The zero-order valence-electron chi connectivity index (χ0n) is 25.9. The summed E-state index contributed by atoms with van der Waals surface area (Å²) in [5, 5.41) is 0. The summed E-state index contributed by atoms with van der Waals surface area (Å²) in [5.41, 5.74) is 1.61. The first-order chi connectivity index (χ1) is 22.0. The van der Waals surface area contributed by atoms with Crippen molar-refractivity contribution in [3.63, 3.8) is 0 Å². The molecular weight excluding hydrogens is 593 g/mol. The van der Waals surface area contributed by atoms with Crippen LogP contribution < -0.4 is 4.74 Å². The molecule has 2 aliphatic carbocycles. The number of alkyl halides is 3. The summed E-state index contributed by atoms with van der Waals surface area (Å²) in [5.74, 6) is 0.126. The molecule has 1 amide bonds. The second-order valence-corrected chi connectivity index (χ2v) is 13.0. The molecule has 7 rings (SSSR count). The highest BCUT2D eigenvalue weighted by molar-refractivity contribution is 5.92. The molecule has 1 saturated carbocycles. The van der Waals surface area contributed by atoms with Gasteiger partial charge in [0.2, 0.25) is 5.91 Å². The molecule has 1 saturated heterocycles. The fourth-order valence-electron chi connectivity index (χ4n) is 8.86. The van der Waals surface area contributed by atoms with E-state index in [1.165, 1.54) is 42.3 Å². The highest BCUT2D eigenvalue weighted by Crippen LogP contribution is 2.65. The highest BCUT2D eigenvalue weighted by Gasteiger charge is 2.75. The molecule has 6 nitrogen and oxygen atoms in total. The van der Waals surface area contributed by atoms with Crippen LogP contribution in [0, 0.1) is 0 Å². The van der Waals surface area contributed by atoms with Crippen LogP contribution in [0.15, 0.2) is 78.9 Å². The van der Waals surface area contributed by atoms with Gasteiger partial charge in [-0.1, -0.05) is 54.6 Å². The van der Waals surface area contributed by atoms with Crippen LogP contribution in [0.25, 0.3) is 6.08 Å². The number of hydrogen-bond donors (Lipinski definition) is 0. The van der Waals surface area contributed by atoms with Crippen molar-refractivity contribution in [1.82, 2.24) is 9.80 Å². The SMILES string of the molecule is CC(=O)O[C@@]12CC[C@@H](N(C)C(=O)C=Cc3cccc(C(F)(F)F)c3)[C@@H]3Oc4cccc5c4[C@@]31CCN(CCc1ccccc1)[C@@H]2C5. The van der Waals surface area contributed by atoms with Crippen LogP contribution in [0.1, 0.15) is 54.0 Å². The summed E-state index contributed by atoms with van der Waals surface area (Å²) in [6.07, 6.45) is 1.26. The van der Waals surface area contributed by atoms with Crippen LogP contribution >= 0.6 is 0 Å². The number of amides is 1. The van der Waals surface area contributed by atoms with Crippen molar-refractivity contribution in [2.24, 2.45) is 0 Å². The molecule has 4 aliphatic rings. The highest BCUT2D eigenvalue weighted by atomic mass is 19.4. The Bertz CT molecular complexity index is 1690. The first-order valence-electron chi connectivity index (χ1n) is 15.9. The standard InChI is InChI=1S/C37H37F3N2O4/c1-24(43)46-36-18-16-29(41(2)32(44)15-14-26-10-6-12-28(22-26)37(38,39)40)34-35(36)19-21-42(20-17-25-8-4-3-5-9-25)31(36)23-27-11-7-13-30(45-34)33(27)35/h3-15,22,29,31,34H,16-21,23H2,1-2H3/t29-,31-,34+,35+,36-/m1/s1. The van der Waals surface area contributed by atoms with E-state index in [2.05, 4.69) is 23.1 Å². The molecule has 3 aromatic rings. The van der Waals surface area contributed by atoms with E-state index in [-0.39, 0.29) is 24.0 Å². The van der Waals surface area contributed by atoms with E-state index in [4.69, 9.17) is 9.47 Å². The van der Waals surface area contributed by atoms with E-state index in [9.17, 15) is 22.8 Å². The molecule has 2 aliphatic heterocycles. The molecule has 0 radical (unpaired) electrons. The summed E-state index contributed by atoms with van der Waals surface area (Å²) >= 11 is 0. The third-order valence-electron chi connectivity index (χ3n) is 10.7. The lowest BCUT2D eigenvalue weighted by Crippen LogP contribution is -2.79. The van der Waals surface area contributed by atoms with Gasteiger partial charge in [-0.2, -0.15) is 13.2 Å². The summed E-state index contributed by atoms with van der Waals surface area (Å²) in [4.78, 5) is 30.6. The van der Waals surface area contributed by atoms with Crippen LogP contribution in [0.4, 0.5) is 13.2 Å². The number of piperidine rings is 1. The molecule has 0 unspecified atom stereocenters. The average Bonchev–Trinajstić information content (AvgIpc) is 3.38. The number of ether oxygens (including phenoxy) is 2. The zero-order chi connectivity index (χ0) is 32.3. The normalized spacial score (nSPS) is 28.0. The maximum atomic E-state index is 13.6. The lowest BCUT2D eigenvalue weighted by atomic mass is 9.48. The van der Waals surface area contributed by atoms with Crippen molar-refractivity contribution in [2.75, 3.05) is 20.1 Å². The van der Waals surface area contributed by atoms with Crippen molar-refractivity contribution in [2.45, 2.75) is 74.4 Å². The molecule has 0 aromatic heterocycles. The summed E-state index contributed by atoms with van der Waals surface area (Å²) in [6, 6.07) is 21.0. The Balaban J connectivity index is 1.22. The number of likely N-dealkylation sites (N-methyl/N-ethyl adjacent to an activating group) is 1. The monoisotopic (exact) mass is 630 g/mol. The number of rotatable bonds is 7. The molecule has 3 aromatic carbocycles. The number of nitrogens with zero attached hydrogens (tertiary/aromatic N) is 2. The quantitative estimate of drug-likeness (QED) is 0.230. The second-order valence-electron chi connectivity index (χ2n) is 13.0. The first-order valence-corrected chi connectivity index (χ1v) is 15.9. The van der Waals surface area contributed by atoms with Gasteiger partial charge in [-0.25, -0.2) is 0 Å². The van der Waals surface area contributed by atoms with Crippen LogP contribution in [-0.2, 0) is 38.8 Å². The van der Waals surface area contributed by atoms with Crippen molar-refractivity contribution in [3.05, 3.63) is 107 Å². The lowest BCUT2D eigenvalue weighted by molar-refractivity contribution is -0.223. The van der Waals surface area contributed by atoms with Gasteiger partial charge in [0.15, 0.2) is 0 Å². The Labute approximate surface area is 266 Å². The van der Waals surface area contributed by atoms with Crippen LogP contribution in [-0.4, -0.2) is 65.6 Å². The van der Waals surface area contributed by atoms with Crippen LogP contribution in [0.2, 0.25) is 0 Å². The van der Waals surface area contributed by atoms with E-state index >= 15 is 0 Å². The third-order valence-corrected chi connectivity index (χ3v) is 10.7. The number of hydrogen-bond acceptors (Lipinski definition) is 5. The maximum absolute atomic E-state index is 13.6. The van der Waals surface area contributed by atoms with Gasteiger partial charge in [0.1, 0.15) is 17.5 Å². The molecule has 5 atom stereocenters. The number of esters is 1. The predicted octanol–water partition coefficient (Wildman–Crippen LogP) is 6.21. The topological polar surface area (TPSA) is 59.1 Å². The van der Waals surface area contributed by atoms with Gasteiger partial charge < -0.3 is 14.4 Å². The minimum Gasteiger partial charge on any atom is -0.487 e. The molecular formula is C37H37F3N2O4. The second kappa shape index (κ2) is 11.3. The Morgan fingerprint density at radius 2 is 1.85 bits per heavy atom. The van der Waals surface area contributed by atoms with Gasteiger partial charge in [0, 0.05) is 32.2 Å². The number of benzene rings is 3. The lowest BCUT2D eigenvalue weighted by Gasteiger charge is -2.65. The van der Waals surface area contributed by atoms with E-state index in [1.807, 2.05) is 30.3 Å². The van der Waals surface area contributed by atoms with Crippen molar-refractivity contribution in [1.29, 1.82) is 0 Å². The van der Waals surface area contributed by atoms with Gasteiger partial charge in [0.05, 0.1) is 23.1 Å². The summed E-state index contributed by atoms with van der Waals surface area (Å²) < 4.78 is 53.1. The van der Waals surface area contributed by atoms with Crippen molar-refractivity contribution < 1.29 is 32.2 Å². The van der Waals surface area contributed by atoms with Gasteiger partial charge >= 0.3 is 12.1 Å². The summed E-state index contributed by atoms with van der Waals surface area (Å²) in [7, 11) is 1.72. The van der Waals surface area contributed by atoms with E-state index in [1.54, 1.807) is 11.9 Å². The molecule has 46 heavy (non-hydrogen) atoms. The number of likely N-dealkylation sites (tertiary alicyclic amines) is 1. The van der Waals surface area contributed by atoms with Gasteiger partial charge in [-0.15, -0.1) is 0 Å². The summed E-state index contributed by atoms with van der Waals surface area (Å²) in [6.45, 7) is 3.10. The molecule has 9 heteroatoms. The van der Waals surface area contributed by atoms with Crippen LogP contribution in [0.5, 0.6) is 5.75 Å². The molecule has 2 heterocycles. The minimum atomic E-state index is -4.47. The number of carbonyl (C=O) groups excluding carboxylic acids is 2. The molecule has 2 bridgehead atoms. The predicted molar refractivity (Wildman–Crippen MR) is 167 cm³/mol. The van der Waals surface area contributed by atoms with Gasteiger partial charge in [0.25, 0.3) is 0 Å². The van der Waals surface area contributed by atoms with Gasteiger partial charge in [-0.05, 0) is 79.6 Å². The smallest absolute Gasteiger partial charge is 0.416 e. The Morgan fingerprint density at radius 3 is 2.61 bits per heavy atom. The van der Waals surface area contributed by atoms with E-state index in [0.29, 0.717) is 24.8 Å².